The lowest BCUT2D eigenvalue weighted by Gasteiger charge is -2.07. The fraction of sp³-hybridized carbons (Fsp3) is 0.444. The molecule has 0 spiro atoms. The van der Waals surface area contributed by atoms with Gasteiger partial charge in [0.1, 0.15) is 11.5 Å². The van der Waals surface area contributed by atoms with Crippen LogP contribution in [0.4, 0.5) is 0 Å². The van der Waals surface area contributed by atoms with Crippen molar-refractivity contribution in [1.29, 1.82) is 5.41 Å². The summed E-state index contributed by atoms with van der Waals surface area (Å²) in [5, 5.41) is 9.40. The summed E-state index contributed by atoms with van der Waals surface area (Å²) in [5.41, 5.74) is 0.122. The highest BCUT2D eigenvalue weighted by Crippen LogP contribution is 1.92. The average Bonchev–Trinajstić information content (AvgIpc) is 2.12. The molecule has 78 valence electrons. The second kappa shape index (κ2) is 6.82. The Balaban J connectivity index is 4.29. The number of esters is 1. The van der Waals surface area contributed by atoms with Crippen LogP contribution in [-0.4, -0.2) is 31.1 Å². The number of Topliss-reactive ketones (excluding diaryl/α,β-unsaturated/α-hetero) is 1. The first kappa shape index (κ1) is 12.3. The van der Waals surface area contributed by atoms with Gasteiger partial charge in [-0.1, -0.05) is 0 Å². The molecule has 0 saturated carbocycles. The highest BCUT2D eigenvalue weighted by atomic mass is 16.5. The van der Waals surface area contributed by atoms with Crippen molar-refractivity contribution in [3.05, 3.63) is 11.8 Å². The van der Waals surface area contributed by atoms with Gasteiger partial charge in [0.05, 0.1) is 13.2 Å². The van der Waals surface area contributed by atoms with Gasteiger partial charge < -0.3 is 15.5 Å². The van der Waals surface area contributed by atoms with E-state index >= 15 is 0 Å². The summed E-state index contributed by atoms with van der Waals surface area (Å²) < 4.78 is 4.70. The lowest BCUT2D eigenvalue weighted by atomic mass is 10.3. The number of hydrogen-bond donors (Lipinski definition) is 2. The van der Waals surface area contributed by atoms with Crippen LogP contribution < -0.4 is 5.32 Å². The fourth-order valence-corrected chi connectivity index (χ4v) is 0.711. The molecule has 0 aromatic rings. The summed E-state index contributed by atoms with van der Waals surface area (Å²) in [6.45, 7) is 3.40. The molecule has 5 heteroatoms. The Morgan fingerprint density at radius 2 is 2.14 bits per heavy atom. The van der Waals surface area contributed by atoms with Crippen molar-refractivity contribution in [1.82, 2.24) is 5.32 Å². The molecule has 0 rings (SSSR count). The highest BCUT2D eigenvalue weighted by Gasteiger charge is 2.09. The third-order valence-electron chi connectivity index (χ3n) is 1.27. The first-order chi connectivity index (χ1) is 6.61. The quantitative estimate of drug-likeness (QED) is 0.364. The molecule has 14 heavy (non-hydrogen) atoms. The summed E-state index contributed by atoms with van der Waals surface area (Å²) >= 11 is 0. The molecule has 0 heterocycles. The van der Waals surface area contributed by atoms with Crippen molar-refractivity contribution in [3.8, 4) is 0 Å². The molecule has 0 aromatic carbocycles. The van der Waals surface area contributed by atoms with Crippen molar-refractivity contribution < 1.29 is 14.3 Å². The first-order valence-corrected chi connectivity index (χ1v) is 4.23. The average molecular weight is 198 g/mol. The van der Waals surface area contributed by atoms with Gasteiger partial charge in [-0.05, 0) is 19.9 Å². The summed E-state index contributed by atoms with van der Waals surface area (Å²) in [4.78, 5) is 21.8. The Labute approximate surface area is 82.6 Å². The molecular weight excluding hydrogens is 184 g/mol. The van der Waals surface area contributed by atoms with Crippen LogP contribution >= 0.6 is 0 Å². The Morgan fingerprint density at radius 1 is 1.50 bits per heavy atom. The van der Waals surface area contributed by atoms with E-state index in [2.05, 4.69) is 5.32 Å². The van der Waals surface area contributed by atoms with Crippen LogP contribution in [0.25, 0.3) is 0 Å². The van der Waals surface area contributed by atoms with Gasteiger partial charge in [-0.25, -0.2) is 4.79 Å². The fourth-order valence-electron chi connectivity index (χ4n) is 0.711. The van der Waals surface area contributed by atoms with Crippen molar-refractivity contribution in [2.75, 3.05) is 13.2 Å². The molecule has 0 atom stereocenters. The summed E-state index contributed by atoms with van der Waals surface area (Å²) in [6, 6.07) is 0. The molecule has 0 aromatic heterocycles. The number of nitrogens with one attached hydrogen (secondary N) is 2. The van der Waals surface area contributed by atoms with Gasteiger partial charge in [0.15, 0.2) is 0 Å². The number of ether oxygens (including phenoxy) is 1. The van der Waals surface area contributed by atoms with Crippen molar-refractivity contribution in [2.24, 2.45) is 0 Å². The third kappa shape index (κ3) is 5.08. The van der Waals surface area contributed by atoms with Crippen LogP contribution in [-0.2, 0) is 14.3 Å². The molecule has 0 radical (unpaired) electrons. The van der Waals surface area contributed by atoms with Gasteiger partial charge in [-0.3, -0.25) is 4.79 Å². The van der Waals surface area contributed by atoms with Crippen LogP contribution in [0.1, 0.15) is 13.8 Å². The van der Waals surface area contributed by atoms with E-state index in [-0.39, 0.29) is 24.6 Å². The Hall–Kier alpha value is -1.65. The third-order valence-corrected chi connectivity index (χ3v) is 1.27. The highest BCUT2D eigenvalue weighted by molar-refractivity contribution is 5.93. The van der Waals surface area contributed by atoms with E-state index in [1.165, 1.54) is 13.0 Å². The minimum absolute atomic E-state index is 0.0541. The maximum Gasteiger partial charge on any atom is 0.354 e. The maximum atomic E-state index is 11.2. The lowest BCUT2D eigenvalue weighted by molar-refractivity contribution is -0.138. The Kier molecular flexibility index (Phi) is 6.02. The molecule has 0 unspecified atom stereocenters. The molecule has 0 amide bonds. The topological polar surface area (TPSA) is 79.2 Å². The van der Waals surface area contributed by atoms with Gasteiger partial charge in [0.25, 0.3) is 0 Å². The maximum absolute atomic E-state index is 11.2. The molecule has 2 N–H and O–H groups in total. The van der Waals surface area contributed by atoms with Gasteiger partial charge >= 0.3 is 5.97 Å². The van der Waals surface area contributed by atoms with Crippen LogP contribution in [0, 0.1) is 5.41 Å². The van der Waals surface area contributed by atoms with Crippen molar-refractivity contribution in [3.63, 3.8) is 0 Å². The zero-order chi connectivity index (χ0) is 11.0. The first-order valence-electron chi connectivity index (χ1n) is 4.23. The Bertz CT molecular complexity index is 259. The van der Waals surface area contributed by atoms with E-state index in [1.807, 2.05) is 0 Å². The van der Waals surface area contributed by atoms with Gasteiger partial charge in [-0.15, -0.1) is 0 Å². The molecule has 0 aliphatic heterocycles. The molecule has 0 aliphatic rings. The van der Waals surface area contributed by atoms with Crippen molar-refractivity contribution in [2.45, 2.75) is 13.8 Å². The van der Waals surface area contributed by atoms with Crippen LogP contribution in [0.15, 0.2) is 11.8 Å². The zero-order valence-electron chi connectivity index (χ0n) is 8.29. The predicted molar refractivity (Wildman–Crippen MR) is 52.2 cm³/mol. The summed E-state index contributed by atoms with van der Waals surface area (Å²) in [5.74, 6) is -0.651. The standard InChI is InChI=1S/C9H14N2O3/c1-3-14-9(13)8(4-5-10)11-6-7(2)12/h4-5,10-11H,3,6H2,1-2H3/b8-4-,10-5?. The number of ketones is 1. The summed E-state index contributed by atoms with van der Waals surface area (Å²) in [7, 11) is 0. The predicted octanol–water partition coefficient (Wildman–Crippen LogP) is 0.262. The Morgan fingerprint density at radius 3 is 2.57 bits per heavy atom. The molecule has 5 nitrogen and oxygen atoms in total. The number of allylic oxidation sites excluding steroid dienone is 1. The largest absolute Gasteiger partial charge is 0.461 e. The normalized spacial score (nSPS) is 10.6. The molecule has 0 aliphatic carbocycles. The smallest absolute Gasteiger partial charge is 0.354 e. The molecular formula is C9H14N2O3. The summed E-state index contributed by atoms with van der Waals surface area (Å²) in [6.07, 6.45) is 2.21. The number of carbonyl (C=O) groups excluding carboxylic acids is 2. The van der Waals surface area contributed by atoms with Gasteiger partial charge in [0, 0.05) is 6.21 Å². The molecule has 0 bridgehead atoms. The monoisotopic (exact) mass is 198 g/mol. The van der Waals surface area contributed by atoms with E-state index in [1.54, 1.807) is 6.92 Å². The van der Waals surface area contributed by atoms with E-state index in [0.717, 1.165) is 6.21 Å². The second-order valence-electron chi connectivity index (χ2n) is 2.52. The minimum Gasteiger partial charge on any atom is -0.461 e. The van der Waals surface area contributed by atoms with Crippen molar-refractivity contribution >= 4 is 18.0 Å². The van der Waals surface area contributed by atoms with E-state index in [0.29, 0.717) is 0 Å². The second-order valence-corrected chi connectivity index (χ2v) is 2.52. The van der Waals surface area contributed by atoms with Crippen LogP contribution in [0.2, 0.25) is 0 Å². The van der Waals surface area contributed by atoms with E-state index in [4.69, 9.17) is 10.1 Å². The number of carbonyl (C=O) groups is 2. The molecule has 0 saturated heterocycles. The van der Waals surface area contributed by atoms with Crippen LogP contribution in [0.5, 0.6) is 0 Å². The number of hydrogen-bond acceptors (Lipinski definition) is 5. The van der Waals surface area contributed by atoms with Crippen LogP contribution in [0.3, 0.4) is 0 Å². The zero-order valence-corrected chi connectivity index (χ0v) is 8.29. The SMILES string of the molecule is CCOC(=O)/C(=C/C=N)NCC(C)=O. The minimum atomic E-state index is -0.558. The molecule has 0 fully saturated rings. The van der Waals surface area contributed by atoms with Gasteiger partial charge in [0.2, 0.25) is 0 Å². The lowest BCUT2D eigenvalue weighted by Crippen LogP contribution is -2.26. The van der Waals surface area contributed by atoms with E-state index in [9.17, 15) is 9.59 Å². The number of rotatable bonds is 6. The van der Waals surface area contributed by atoms with Gasteiger partial charge in [-0.2, -0.15) is 0 Å². The van der Waals surface area contributed by atoms with E-state index < -0.39 is 5.97 Å².